The number of carbonyl (C=O) groups is 3. The predicted molar refractivity (Wildman–Crippen MR) is 298 cm³/mol. The molecule has 0 rings (SSSR count). The Kier molecular flexibility index (Phi) is 54.8. The highest BCUT2D eigenvalue weighted by atomic mass is 16.6. The highest BCUT2D eigenvalue weighted by Gasteiger charge is 2.19. The Morgan fingerprint density at radius 2 is 0.565 bits per heavy atom. The number of unbranched alkanes of at least 4 members (excludes halogenated alkanes) is 30. The van der Waals surface area contributed by atoms with E-state index in [2.05, 4.69) is 93.7 Å². The van der Waals surface area contributed by atoms with Crippen molar-refractivity contribution in [3.8, 4) is 0 Å². The second-order valence-electron chi connectivity index (χ2n) is 19.5. The standard InChI is InChI=1S/C63H110O6/c1-4-7-10-13-16-19-22-25-26-27-28-29-30-31-32-33-34-35-36-39-41-44-47-50-53-56-62(65)68-59-60(69-63(66)57-54-51-48-45-42-38-24-21-18-15-12-9-6-3)58-67-61(64)55-52-49-46-43-40-37-23-20-17-14-11-8-5-2/h9,12,18,21-22,25,27-28,30-31,38,42,60H,4-8,10-11,13-17,19-20,23-24,26,29,32-37,39-41,43-59H2,1-3H3/b12-9-,21-18-,25-22-,28-27-,31-30-,42-38-. The highest BCUT2D eigenvalue weighted by Crippen LogP contribution is 2.16. The molecule has 6 heteroatoms. The van der Waals surface area contributed by atoms with Crippen molar-refractivity contribution >= 4 is 17.9 Å². The van der Waals surface area contributed by atoms with Crippen LogP contribution in [0.1, 0.15) is 290 Å². The quantitative estimate of drug-likeness (QED) is 0.0262. The molecular formula is C63H110O6. The Labute approximate surface area is 427 Å². The van der Waals surface area contributed by atoms with Gasteiger partial charge in [-0.3, -0.25) is 14.4 Å². The van der Waals surface area contributed by atoms with E-state index in [1.54, 1.807) is 0 Å². The van der Waals surface area contributed by atoms with Gasteiger partial charge in [0.1, 0.15) is 13.2 Å². The van der Waals surface area contributed by atoms with Gasteiger partial charge in [0.25, 0.3) is 0 Å². The molecule has 6 nitrogen and oxygen atoms in total. The number of allylic oxidation sites excluding steroid dienone is 12. The molecule has 398 valence electrons. The van der Waals surface area contributed by atoms with Gasteiger partial charge in [-0.25, -0.2) is 0 Å². The third-order valence-electron chi connectivity index (χ3n) is 12.7. The van der Waals surface area contributed by atoms with Gasteiger partial charge >= 0.3 is 17.9 Å². The van der Waals surface area contributed by atoms with Gasteiger partial charge in [-0.05, 0) is 89.9 Å². The Bertz CT molecular complexity index is 1290. The second kappa shape index (κ2) is 57.4. The third-order valence-corrected chi connectivity index (χ3v) is 12.7. The minimum atomic E-state index is -0.790. The number of carbonyl (C=O) groups excluding carboxylic acids is 3. The fourth-order valence-electron chi connectivity index (χ4n) is 8.29. The molecule has 0 bridgehead atoms. The van der Waals surface area contributed by atoms with Gasteiger partial charge in [0, 0.05) is 19.3 Å². The summed E-state index contributed by atoms with van der Waals surface area (Å²) in [6.07, 6.45) is 73.3. The first-order chi connectivity index (χ1) is 34.0. The zero-order chi connectivity index (χ0) is 50.0. The molecule has 0 spiro atoms. The van der Waals surface area contributed by atoms with Crippen molar-refractivity contribution in [1.29, 1.82) is 0 Å². The van der Waals surface area contributed by atoms with Gasteiger partial charge < -0.3 is 14.2 Å². The summed E-state index contributed by atoms with van der Waals surface area (Å²) in [6, 6.07) is 0. The van der Waals surface area contributed by atoms with Gasteiger partial charge in [-0.2, -0.15) is 0 Å². The number of esters is 3. The van der Waals surface area contributed by atoms with Crippen molar-refractivity contribution in [2.45, 2.75) is 297 Å². The van der Waals surface area contributed by atoms with E-state index in [0.29, 0.717) is 19.3 Å². The monoisotopic (exact) mass is 963 g/mol. The van der Waals surface area contributed by atoms with Gasteiger partial charge in [0.05, 0.1) is 0 Å². The average Bonchev–Trinajstić information content (AvgIpc) is 3.35. The predicted octanol–water partition coefficient (Wildman–Crippen LogP) is 19.8. The number of rotatable bonds is 53. The molecule has 0 saturated heterocycles. The third kappa shape index (κ3) is 55.6. The fraction of sp³-hybridized carbons (Fsp3) is 0.762. The molecule has 0 saturated carbocycles. The minimum absolute atomic E-state index is 0.0862. The largest absolute Gasteiger partial charge is 0.462 e. The lowest BCUT2D eigenvalue weighted by molar-refractivity contribution is -0.167. The Morgan fingerprint density at radius 1 is 0.304 bits per heavy atom. The van der Waals surface area contributed by atoms with Crippen molar-refractivity contribution in [1.82, 2.24) is 0 Å². The van der Waals surface area contributed by atoms with Crippen LogP contribution in [-0.2, 0) is 28.6 Å². The second-order valence-corrected chi connectivity index (χ2v) is 19.5. The van der Waals surface area contributed by atoms with E-state index in [1.165, 1.54) is 154 Å². The highest BCUT2D eigenvalue weighted by molar-refractivity contribution is 5.71. The maximum atomic E-state index is 12.8. The summed E-state index contributed by atoms with van der Waals surface area (Å²) in [6.45, 7) is 6.50. The molecule has 0 aliphatic carbocycles. The van der Waals surface area contributed by atoms with E-state index < -0.39 is 6.10 Å². The van der Waals surface area contributed by atoms with Crippen LogP contribution in [0, 0.1) is 0 Å². The number of hydrogen-bond donors (Lipinski definition) is 0. The Hall–Kier alpha value is -3.15. The normalized spacial score (nSPS) is 12.6. The molecule has 0 N–H and O–H groups in total. The number of ether oxygens (including phenoxy) is 3. The summed E-state index contributed by atoms with van der Waals surface area (Å²) in [4.78, 5) is 38.1. The lowest BCUT2D eigenvalue weighted by Gasteiger charge is -2.18. The van der Waals surface area contributed by atoms with Crippen molar-refractivity contribution < 1.29 is 28.6 Å². The molecule has 1 unspecified atom stereocenters. The number of hydrogen-bond acceptors (Lipinski definition) is 6. The van der Waals surface area contributed by atoms with E-state index in [9.17, 15) is 14.4 Å². The van der Waals surface area contributed by atoms with Crippen LogP contribution in [0.2, 0.25) is 0 Å². The molecule has 0 aromatic carbocycles. The molecule has 0 aromatic rings. The maximum Gasteiger partial charge on any atom is 0.306 e. The molecule has 69 heavy (non-hydrogen) atoms. The summed E-state index contributed by atoms with van der Waals surface area (Å²) in [5, 5.41) is 0. The van der Waals surface area contributed by atoms with Gasteiger partial charge in [0.2, 0.25) is 0 Å². The van der Waals surface area contributed by atoms with E-state index in [1.807, 2.05) is 0 Å². The average molecular weight is 964 g/mol. The van der Waals surface area contributed by atoms with Gasteiger partial charge in [-0.15, -0.1) is 0 Å². The molecule has 0 radical (unpaired) electrons. The van der Waals surface area contributed by atoms with Crippen LogP contribution in [0.5, 0.6) is 0 Å². The van der Waals surface area contributed by atoms with Crippen LogP contribution in [0.15, 0.2) is 72.9 Å². The van der Waals surface area contributed by atoms with Crippen molar-refractivity contribution in [2.24, 2.45) is 0 Å². The first-order valence-electron chi connectivity index (χ1n) is 29.4. The first-order valence-corrected chi connectivity index (χ1v) is 29.4. The van der Waals surface area contributed by atoms with Crippen LogP contribution >= 0.6 is 0 Å². The van der Waals surface area contributed by atoms with Crippen molar-refractivity contribution in [2.75, 3.05) is 13.2 Å². The van der Waals surface area contributed by atoms with E-state index in [-0.39, 0.29) is 31.1 Å². The molecule has 1 atom stereocenters. The summed E-state index contributed by atoms with van der Waals surface area (Å²) >= 11 is 0. The summed E-state index contributed by atoms with van der Waals surface area (Å²) in [5.41, 5.74) is 0. The van der Waals surface area contributed by atoms with Crippen LogP contribution < -0.4 is 0 Å². The van der Waals surface area contributed by atoms with Crippen LogP contribution in [0.25, 0.3) is 0 Å². The lowest BCUT2D eigenvalue weighted by Crippen LogP contribution is -2.30. The topological polar surface area (TPSA) is 78.9 Å². The van der Waals surface area contributed by atoms with Crippen molar-refractivity contribution in [3.63, 3.8) is 0 Å². The molecule has 0 aromatic heterocycles. The lowest BCUT2D eigenvalue weighted by atomic mass is 10.0. The van der Waals surface area contributed by atoms with Crippen molar-refractivity contribution in [3.05, 3.63) is 72.9 Å². The molecule has 0 heterocycles. The summed E-state index contributed by atoms with van der Waals surface area (Å²) in [5.74, 6) is -0.911. The summed E-state index contributed by atoms with van der Waals surface area (Å²) < 4.78 is 16.8. The first kappa shape index (κ1) is 65.8. The fourth-order valence-corrected chi connectivity index (χ4v) is 8.29. The Morgan fingerprint density at radius 3 is 0.899 bits per heavy atom. The SMILES string of the molecule is CC/C=C\C/C=C\C/C=C\CCCCCC(=O)OC(COC(=O)CCCCCCCCCCCC/C=C\C/C=C\C/C=C\CCCCCCC)COC(=O)CCCCCCCCCCCCCCC. The van der Waals surface area contributed by atoms with Gasteiger partial charge in [0.15, 0.2) is 6.10 Å². The summed E-state index contributed by atoms with van der Waals surface area (Å²) in [7, 11) is 0. The zero-order valence-electron chi connectivity index (χ0n) is 45.6. The molecule has 0 fully saturated rings. The maximum absolute atomic E-state index is 12.8. The zero-order valence-corrected chi connectivity index (χ0v) is 45.6. The van der Waals surface area contributed by atoms with E-state index in [4.69, 9.17) is 14.2 Å². The van der Waals surface area contributed by atoms with Crippen LogP contribution in [0.3, 0.4) is 0 Å². The van der Waals surface area contributed by atoms with E-state index in [0.717, 1.165) is 96.3 Å². The molecule has 0 amide bonds. The van der Waals surface area contributed by atoms with E-state index >= 15 is 0 Å². The molecular weight excluding hydrogens is 853 g/mol. The molecule has 0 aliphatic rings. The Balaban J connectivity index is 4.29. The van der Waals surface area contributed by atoms with Crippen LogP contribution in [0.4, 0.5) is 0 Å². The van der Waals surface area contributed by atoms with Crippen LogP contribution in [-0.4, -0.2) is 37.2 Å². The molecule has 0 aliphatic heterocycles. The minimum Gasteiger partial charge on any atom is -0.462 e. The van der Waals surface area contributed by atoms with Gasteiger partial charge in [-0.1, -0.05) is 254 Å². The smallest absolute Gasteiger partial charge is 0.306 e.